The molecule has 0 saturated carbocycles. The summed E-state index contributed by atoms with van der Waals surface area (Å²) in [6.45, 7) is 7.03. The van der Waals surface area contributed by atoms with Crippen LogP contribution in [0.3, 0.4) is 0 Å². The maximum Gasteiger partial charge on any atom is 0.412 e. The van der Waals surface area contributed by atoms with E-state index in [9.17, 15) is 9.90 Å². The lowest BCUT2D eigenvalue weighted by Gasteiger charge is -2.23. The molecule has 0 fully saturated rings. The summed E-state index contributed by atoms with van der Waals surface area (Å²) in [6.07, 6.45) is -0.0688. The molecule has 0 radical (unpaired) electrons. The molecule has 6 nitrogen and oxygen atoms in total. The first-order chi connectivity index (χ1) is 10.1. The van der Waals surface area contributed by atoms with Gasteiger partial charge in [-0.3, -0.25) is 5.32 Å². The second-order valence-corrected chi connectivity index (χ2v) is 6.64. The van der Waals surface area contributed by atoms with Gasteiger partial charge in [-0.1, -0.05) is 6.07 Å². The number of amides is 1. The molecule has 6 heteroatoms. The van der Waals surface area contributed by atoms with Gasteiger partial charge < -0.3 is 20.3 Å². The van der Waals surface area contributed by atoms with Crippen LogP contribution in [-0.4, -0.2) is 36.1 Å². The topological polar surface area (TPSA) is 93.8 Å². The Bertz CT molecular complexity index is 521. The molecule has 0 spiro atoms. The Morgan fingerprint density at radius 3 is 2.45 bits per heavy atom. The van der Waals surface area contributed by atoms with Crippen LogP contribution < -0.4 is 15.8 Å². The number of ether oxygens (including phenoxy) is 2. The zero-order chi connectivity index (χ0) is 17.0. The molecule has 1 aromatic rings. The van der Waals surface area contributed by atoms with E-state index in [1.54, 1.807) is 46.9 Å². The van der Waals surface area contributed by atoms with Gasteiger partial charge in [-0.05, 0) is 45.7 Å². The third-order valence-corrected chi connectivity index (χ3v) is 2.89. The highest BCUT2D eigenvalue weighted by atomic mass is 16.6. The molecular formula is C16H26N2O4. The molecular weight excluding hydrogens is 284 g/mol. The third-order valence-electron chi connectivity index (χ3n) is 2.89. The maximum absolute atomic E-state index is 11.8. The van der Waals surface area contributed by atoms with Crippen LogP contribution in [0.4, 0.5) is 10.5 Å². The molecule has 0 aliphatic carbocycles. The van der Waals surface area contributed by atoms with Gasteiger partial charge in [-0.25, -0.2) is 4.79 Å². The molecule has 0 heterocycles. The van der Waals surface area contributed by atoms with Crippen LogP contribution in [0.2, 0.25) is 0 Å². The monoisotopic (exact) mass is 310 g/mol. The Labute approximate surface area is 131 Å². The first-order valence-corrected chi connectivity index (χ1v) is 7.13. The van der Waals surface area contributed by atoms with Crippen molar-refractivity contribution in [2.24, 2.45) is 5.73 Å². The number of hydrogen-bond acceptors (Lipinski definition) is 5. The maximum atomic E-state index is 11.8. The fourth-order valence-electron chi connectivity index (χ4n) is 1.88. The van der Waals surface area contributed by atoms with Crippen LogP contribution in [0.25, 0.3) is 0 Å². The SMILES string of the molecule is COc1cc(NC(=O)OC(C)(C)C)ccc1CC(C)(N)CO. The minimum Gasteiger partial charge on any atom is -0.496 e. The smallest absolute Gasteiger partial charge is 0.412 e. The van der Waals surface area contributed by atoms with Gasteiger partial charge in [0.25, 0.3) is 0 Å². The Morgan fingerprint density at radius 2 is 1.95 bits per heavy atom. The summed E-state index contributed by atoms with van der Waals surface area (Å²) < 4.78 is 10.5. The normalized spacial score (nSPS) is 14.1. The van der Waals surface area contributed by atoms with Crippen LogP contribution in [0.5, 0.6) is 5.75 Å². The number of carbonyl (C=O) groups is 1. The van der Waals surface area contributed by atoms with Gasteiger partial charge in [0.05, 0.1) is 13.7 Å². The van der Waals surface area contributed by atoms with Gasteiger partial charge in [-0.15, -0.1) is 0 Å². The second-order valence-electron chi connectivity index (χ2n) is 6.64. The Morgan fingerprint density at radius 1 is 1.32 bits per heavy atom. The molecule has 22 heavy (non-hydrogen) atoms. The van der Waals surface area contributed by atoms with Crippen molar-refractivity contribution in [2.75, 3.05) is 19.0 Å². The van der Waals surface area contributed by atoms with Crippen LogP contribution in [0.15, 0.2) is 18.2 Å². The van der Waals surface area contributed by atoms with Crippen molar-refractivity contribution in [1.29, 1.82) is 0 Å². The van der Waals surface area contributed by atoms with Crippen LogP contribution in [-0.2, 0) is 11.2 Å². The zero-order valence-corrected chi connectivity index (χ0v) is 13.9. The lowest BCUT2D eigenvalue weighted by molar-refractivity contribution is 0.0636. The Hall–Kier alpha value is -1.79. The molecule has 4 N–H and O–H groups in total. The van der Waals surface area contributed by atoms with E-state index >= 15 is 0 Å². The number of anilines is 1. The highest BCUT2D eigenvalue weighted by Gasteiger charge is 2.21. The van der Waals surface area contributed by atoms with Gasteiger partial charge >= 0.3 is 6.09 Å². The summed E-state index contributed by atoms with van der Waals surface area (Å²) in [5.74, 6) is 0.596. The number of nitrogens with two attached hydrogens (primary N) is 1. The number of nitrogens with one attached hydrogen (secondary N) is 1. The van der Waals surface area contributed by atoms with Crippen molar-refractivity contribution >= 4 is 11.8 Å². The fraction of sp³-hybridized carbons (Fsp3) is 0.562. The molecule has 1 rings (SSSR count). The van der Waals surface area contributed by atoms with E-state index in [1.807, 2.05) is 6.07 Å². The van der Waals surface area contributed by atoms with Gasteiger partial charge in [-0.2, -0.15) is 0 Å². The predicted molar refractivity (Wildman–Crippen MR) is 86.2 cm³/mol. The predicted octanol–water partition coefficient (Wildman–Crippen LogP) is 2.29. The van der Waals surface area contributed by atoms with E-state index in [0.717, 1.165) is 5.56 Å². The minimum atomic E-state index is -0.729. The van der Waals surface area contributed by atoms with Crippen LogP contribution >= 0.6 is 0 Å². The lowest BCUT2D eigenvalue weighted by Crippen LogP contribution is -2.42. The quantitative estimate of drug-likeness (QED) is 0.776. The molecule has 1 unspecified atom stereocenters. The van der Waals surface area contributed by atoms with Crippen molar-refractivity contribution in [3.63, 3.8) is 0 Å². The van der Waals surface area contributed by atoms with Crippen LogP contribution in [0, 0.1) is 0 Å². The molecule has 1 atom stereocenters. The molecule has 124 valence electrons. The summed E-state index contributed by atoms with van der Waals surface area (Å²) in [5.41, 5.74) is 6.10. The van der Waals surface area contributed by atoms with Gasteiger partial charge in [0.2, 0.25) is 0 Å². The van der Waals surface area contributed by atoms with E-state index in [4.69, 9.17) is 15.2 Å². The van der Waals surface area contributed by atoms with Crippen LogP contribution in [0.1, 0.15) is 33.3 Å². The molecule has 0 aliphatic heterocycles. The van der Waals surface area contributed by atoms with Crippen molar-refractivity contribution in [3.05, 3.63) is 23.8 Å². The molecule has 0 saturated heterocycles. The average Bonchev–Trinajstić information content (AvgIpc) is 2.38. The molecule has 1 amide bonds. The number of hydrogen-bond donors (Lipinski definition) is 3. The minimum absolute atomic E-state index is 0.131. The zero-order valence-electron chi connectivity index (χ0n) is 13.9. The summed E-state index contributed by atoms with van der Waals surface area (Å²) in [6, 6.07) is 5.26. The van der Waals surface area contributed by atoms with Crippen molar-refractivity contribution in [2.45, 2.75) is 45.3 Å². The van der Waals surface area contributed by atoms with Crippen molar-refractivity contribution in [3.8, 4) is 5.75 Å². The number of aliphatic hydroxyl groups is 1. The molecule has 1 aromatic carbocycles. The molecule has 0 aliphatic rings. The van der Waals surface area contributed by atoms with Gasteiger partial charge in [0.1, 0.15) is 11.4 Å². The Kier molecular flexibility index (Phi) is 5.79. The second kappa shape index (κ2) is 6.98. The molecule has 0 aromatic heterocycles. The lowest BCUT2D eigenvalue weighted by atomic mass is 9.94. The first-order valence-electron chi connectivity index (χ1n) is 7.13. The number of rotatable bonds is 5. The summed E-state index contributed by atoms with van der Waals surface area (Å²) >= 11 is 0. The van der Waals surface area contributed by atoms with Crippen molar-refractivity contribution in [1.82, 2.24) is 0 Å². The first kappa shape index (κ1) is 18.3. The standard InChI is InChI=1S/C16H26N2O4/c1-15(2,3)22-14(20)18-12-7-6-11(13(8-12)21-5)9-16(4,17)10-19/h6-8,19H,9-10,17H2,1-5H3,(H,18,20). The number of carbonyl (C=O) groups excluding carboxylic acids is 1. The third kappa shape index (κ3) is 5.91. The van der Waals surface area contributed by atoms with E-state index in [0.29, 0.717) is 17.9 Å². The van der Waals surface area contributed by atoms with E-state index in [-0.39, 0.29) is 6.61 Å². The summed E-state index contributed by atoms with van der Waals surface area (Å²) in [7, 11) is 1.54. The molecule has 0 bridgehead atoms. The number of benzene rings is 1. The van der Waals surface area contributed by atoms with E-state index in [1.165, 1.54) is 0 Å². The van der Waals surface area contributed by atoms with Crippen molar-refractivity contribution < 1.29 is 19.4 Å². The summed E-state index contributed by atoms with van der Waals surface area (Å²) in [4.78, 5) is 11.8. The summed E-state index contributed by atoms with van der Waals surface area (Å²) in [5, 5.41) is 11.9. The van der Waals surface area contributed by atoms with Gasteiger partial charge in [0.15, 0.2) is 0 Å². The largest absolute Gasteiger partial charge is 0.496 e. The van der Waals surface area contributed by atoms with E-state index < -0.39 is 17.2 Å². The highest BCUT2D eigenvalue weighted by molar-refractivity contribution is 5.85. The fourth-order valence-corrected chi connectivity index (χ4v) is 1.88. The van der Waals surface area contributed by atoms with Gasteiger partial charge in [0, 0.05) is 17.3 Å². The van der Waals surface area contributed by atoms with E-state index in [2.05, 4.69) is 5.32 Å². The Balaban J connectivity index is 2.87. The highest BCUT2D eigenvalue weighted by Crippen LogP contribution is 2.26. The number of methoxy groups -OCH3 is 1. The average molecular weight is 310 g/mol. The number of aliphatic hydroxyl groups excluding tert-OH is 1.